The molecule has 11 heteroatoms. The number of benzene rings is 1. The van der Waals surface area contributed by atoms with E-state index in [1.165, 1.54) is 11.2 Å². The third-order valence-corrected chi connectivity index (χ3v) is 6.91. The molecule has 0 spiro atoms. The molecular formula is C25H28N4O6S. The molecular weight excluding hydrogens is 484 g/mol. The van der Waals surface area contributed by atoms with Gasteiger partial charge in [-0.15, -0.1) is 0 Å². The number of carbonyl (C=O) groups is 3. The lowest BCUT2D eigenvalue weighted by molar-refractivity contribution is -0.115. The van der Waals surface area contributed by atoms with Crippen LogP contribution in [0.3, 0.4) is 0 Å². The number of rotatable bonds is 5. The van der Waals surface area contributed by atoms with Gasteiger partial charge in [0.25, 0.3) is 11.1 Å². The number of imide groups is 1. The number of carboxylic acid groups (broad SMARTS) is 1. The van der Waals surface area contributed by atoms with E-state index in [1.54, 1.807) is 30.3 Å². The van der Waals surface area contributed by atoms with Gasteiger partial charge in [-0.05, 0) is 47.9 Å². The van der Waals surface area contributed by atoms with E-state index in [4.69, 9.17) is 9.47 Å². The number of aromatic nitrogens is 2. The van der Waals surface area contributed by atoms with E-state index in [2.05, 4.69) is 15.3 Å². The maximum atomic E-state index is 11.7. The van der Waals surface area contributed by atoms with Crippen molar-refractivity contribution < 1.29 is 29.0 Å². The molecule has 0 aliphatic carbocycles. The van der Waals surface area contributed by atoms with Crippen LogP contribution in [0.5, 0.6) is 17.5 Å². The van der Waals surface area contributed by atoms with E-state index in [-0.39, 0.29) is 22.8 Å². The summed E-state index contributed by atoms with van der Waals surface area (Å²) in [4.78, 5) is 45.1. The monoisotopic (exact) mass is 512 g/mol. The molecule has 4 rings (SSSR count). The molecule has 10 nitrogen and oxygen atoms in total. The third-order valence-electron chi connectivity index (χ3n) is 6.10. The van der Waals surface area contributed by atoms with Crippen molar-refractivity contribution in [2.45, 2.75) is 52.7 Å². The topological polar surface area (TPSA) is 131 Å². The maximum absolute atomic E-state index is 11.7. The number of piperidine rings is 1. The molecule has 0 saturated carbocycles. The lowest BCUT2D eigenvalue weighted by Gasteiger charge is -2.44. The molecule has 0 bridgehead atoms. The van der Waals surface area contributed by atoms with Crippen molar-refractivity contribution in [1.29, 1.82) is 0 Å². The van der Waals surface area contributed by atoms with Gasteiger partial charge in [-0.2, -0.15) is 0 Å². The molecule has 2 atom stereocenters. The van der Waals surface area contributed by atoms with Crippen LogP contribution in [-0.4, -0.2) is 55.9 Å². The van der Waals surface area contributed by atoms with Crippen molar-refractivity contribution in [3.05, 3.63) is 46.6 Å². The summed E-state index contributed by atoms with van der Waals surface area (Å²) in [5.41, 5.74) is 1.15. The maximum Gasteiger partial charge on any atom is 0.407 e. The first-order chi connectivity index (χ1) is 17.0. The van der Waals surface area contributed by atoms with Crippen LogP contribution >= 0.6 is 11.8 Å². The second kappa shape index (κ2) is 10.2. The van der Waals surface area contributed by atoms with Gasteiger partial charge >= 0.3 is 6.09 Å². The Labute approximate surface area is 213 Å². The molecule has 2 unspecified atom stereocenters. The summed E-state index contributed by atoms with van der Waals surface area (Å²) < 4.78 is 12.2. The number of carbonyl (C=O) groups excluding carboxylic acids is 2. The van der Waals surface area contributed by atoms with Crippen LogP contribution in [0.25, 0.3) is 6.08 Å². The molecule has 2 saturated heterocycles. The zero-order valence-corrected chi connectivity index (χ0v) is 21.3. The van der Waals surface area contributed by atoms with E-state index in [0.29, 0.717) is 47.4 Å². The molecule has 190 valence electrons. The summed E-state index contributed by atoms with van der Waals surface area (Å²) in [7, 11) is 0. The minimum absolute atomic E-state index is 0.174. The van der Waals surface area contributed by atoms with E-state index < -0.39 is 12.0 Å². The van der Waals surface area contributed by atoms with Crippen molar-refractivity contribution in [2.75, 3.05) is 6.54 Å². The van der Waals surface area contributed by atoms with Crippen LogP contribution < -0.4 is 14.8 Å². The first kappa shape index (κ1) is 25.5. The number of hydrogen-bond donors (Lipinski definition) is 2. The Kier molecular flexibility index (Phi) is 7.21. The van der Waals surface area contributed by atoms with Gasteiger partial charge in [-0.1, -0.05) is 32.9 Å². The van der Waals surface area contributed by atoms with Crippen LogP contribution in [0, 0.1) is 12.3 Å². The summed E-state index contributed by atoms with van der Waals surface area (Å²) in [5, 5.41) is 11.4. The number of amides is 3. The fourth-order valence-electron chi connectivity index (χ4n) is 4.20. The van der Waals surface area contributed by atoms with Gasteiger partial charge in [0.2, 0.25) is 11.8 Å². The van der Waals surface area contributed by atoms with Gasteiger partial charge in [-0.25, -0.2) is 14.8 Å². The van der Waals surface area contributed by atoms with Crippen LogP contribution in [0.2, 0.25) is 0 Å². The molecule has 2 aliphatic heterocycles. The summed E-state index contributed by atoms with van der Waals surface area (Å²) >= 11 is 0.864. The highest BCUT2D eigenvalue weighted by molar-refractivity contribution is 8.18. The Morgan fingerprint density at radius 2 is 1.89 bits per heavy atom. The van der Waals surface area contributed by atoms with E-state index >= 15 is 0 Å². The van der Waals surface area contributed by atoms with Gasteiger partial charge in [0.15, 0.2) is 0 Å². The highest BCUT2D eigenvalue weighted by Crippen LogP contribution is 2.35. The van der Waals surface area contributed by atoms with Crippen molar-refractivity contribution in [1.82, 2.24) is 20.2 Å². The number of nitrogens with one attached hydrogen (secondary N) is 1. The van der Waals surface area contributed by atoms with E-state index in [0.717, 1.165) is 17.3 Å². The minimum atomic E-state index is -0.914. The molecule has 2 fully saturated rings. The summed E-state index contributed by atoms with van der Waals surface area (Å²) in [5.74, 6) is 0.874. The van der Waals surface area contributed by atoms with Gasteiger partial charge in [0, 0.05) is 25.4 Å². The van der Waals surface area contributed by atoms with Gasteiger partial charge < -0.3 is 19.5 Å². The van der Waals surface area contributed by atoms with Crippen molar-refractivity contribution >= 4 is 35.1 Å². The number of likely N-dealkylation sites (tertiary alicyclic amines) is 1. The lowest BCUT2D eigenvalue weighted by atomic mass is 9.80. The smallest absolute Gasteiger partial charge is 0.407 e. The Balaban J connectivity index is 1.44. The number of ether oxygens (including phenoxy) is 2. The molecule has 0 radical (unpaired) electrons. The number of thioether (sulfide) groups is 1. The van der Waals surface area contributed by atoms with Crippen LogP contribution in [-0.2, 0) is 4.79 Å². The standard InChI is InChI=1S/C25H28N4O6S/c1-14-21(34-16-7-5-15(6-8-16)11-18-20(30)28-23(31)36-18)26-13-27-22(14)35-17-9-10-29(24(32)33)19(12-17)25(2,3)4/h5-8,11,13,17,19H,9-10,12H2,1-4H3,(H,32,33)(H,28,30,31)/b18-11-. The summed E-state index contributed by atoms with van der Waals surface area (Å²) in [6.07, 6.45) is 3.04. The average Bonchev–Trinajstić information content (AvgIpc) is 3.13. The molecule has 2 aliphatic rings. The molecule has 3 amide bonds. The third kappa shape index (κ3) is 5.78. The molecule has 1 aromatic carbocycles. The molecule has 36 heavy (non-hydrogen) atoms. The van der Waals surface area contributed by atoms with Gasteiger partial charge in [-0.3, -0.25) is 14.9 Å². The zero-order chi connectivity index (χ0) is 26.0. The highest BCUT2D eigenvalue weighted by atomic mass is 32.2. The average molecular weight is 513 g/mol. The Morgan fingerprint density at radius 1 is 1.19 bits per heavy atom. The Bertz CT molecular complexity index is 1210. The minimum Gasteiger partial charge on any atom is -0.474 e. The highest BCUT2D eigenvalue weighted by Gasteiger charge is 2.39. The van der Waals surface area contributed by atoms with E-state index in [9.17, 15) is 19.5 Å². The van der Waals surface area contributed by atoms with Crippen LogP contribution in [0.15, 0.2) is 35.5 Å². The zero-order valence-electron chi connectivity index (χ0n) is 20.5. The predicted molar refractivity (Wildman–Crippen MR) is 134 cm³/mol. The first-order valence-electron chi connectivity index (χ1n) is 11.5. The van der Waals surface area contributed by atoms with Crippen LogP contribution in [0.4, 0.5) is 9.59 Å². The summed E-state index contributed by atoms with van der Waals surface area (Å²) in [6, 6.07) is 6.85. The molecule has 1 aromatic heterocycles. The predicted octanol–water partition coefficient (Wildman–Crippen LogP) is 4.84. The van der Waals surface area contributed by atoms with Crippen LogP contribution in [0.1, 0.15) is 44.7 Å². The van der Waals surface area contributed by atoms with Gasteiger partial charge in [0.05, 0.1) is 10.5 Å². The number of hydrogen-bond acceptors (Lipinski definition) is 8. The quantitative estimate of drug-likeness (QED) is 0.540. The first-order valence-corrected chi connectivity index (χ1v) is 12.3. The van der Waals surface area contributed by atoms with Gasteiger partial charge in [0.1, 0.15) is 18.2 Å². The van der Waals surface area contributed by atoms with Crippen molar-refractivity contribution in [2.24, 2.45) is 5.41 Å². The van der Waals surface area contributed by atoms with E-state index in [1.807, 2.05) is 27.7 Å². The second-order valence-electron chi connectivity index (χ2n) is 9.75. The Morgan fingerprint density at radius 3 is 2.50 bits per heavy atom. The fraction of sp³-hybridized carbons (Fsp3) is 0.400. The lowest BCUT2D eigenvalue weighted by Crippen LogP contribution is -2.53. The van der Waals surface area contributed by atoms with Crippen molar-refractivity contribution in [3.63, 3.8) is 0 Å². The SMILES string of the molecule is Cc1c(Oc2ccc(/C=C3\SC(=O)NC3=O)cc2)ncnc1OC1CCN(C(=O)O)C(C(C)(C)C)C1. The summed E-state index contributed by atoms with van der Waals surface area (Å²) in [6.45, 7) is 8.29. The largest absolute Gasteiger partial charge is 0.474 e. The fourth-order valence-corrected chi connectivity index (χ4v) is 4.89. The second-order valence-corrected chi connectivity index (χ2v) is 10.8. The molecule has 2 aromatic rings. The molecule has 3 heterocycles. The normalized spacial score (nSPS) is 21.4. The number of nitrogens with zero attached hydrogens (tertiary/aromatic N) is 3. The Hall–Kier alpha value is -3.60. The molecule has 2 N–H and O–H groups in total. The van der Waals surface area contributed by atoms with Crippen molar-refractivity contribution in [3.8, 4) is 17.5 Å².